The van der Waals surface area contributed by atoms with Gasteiger partial charge in [0, 0.05) is 25.5 Å². The molecule has 0 N–H and O–H groups in total. The molecule has 0 radical (unpaired) electrons. The maximum absolute atomic E-state index is 13.0. The Bertz CT molecular complexity index is 866. The number of amides is 2. The van der Waals surface area contributed by atoms with E-state index in [2.05, 4.69) is 52.7 Å². The average Bonchev–Trinajstić information content (AvgIpc) is 3.24. The van der Waals surface area contributed by atoms with Crippen LogP contribution in [0.15, 0.2) is 41.8 Å². The van der Waals surface area contributed by atoms with Crippen molar-refractivity contribution >= 4 is 51.3 Å². The van der Waals surface area contributed by atoms with Crippen LogP contribution in [0.2, 0.25) is 0 Å². The number of rotatable bonds is 6. The number of aromatic nitrogens is 1. The molecule has 0 unspecified atom stereocenters. The molecule has 2 amide bonds. The van der Waals surface area contributed by atoms with Crippen LogP contribution in [-0.2, 0) is 4.79 Å². The van der Waals surface area contributed by atoms with Crippen LogP contribution >= 0.6 is 33.9 Å². The SMILES string of the molecule is CC[C@H](c1ccccc1)N(C)C(=O)c1csc(C2=CCN(C(=O)CI)CC2)n1. The zero-order chi connectivity index (χ0) is 20.1. The van der Waals surface area contributed by atoms with Crippen LogP contribution in [0.5, 0.6) is 0 Å². The quantitative estimate of drug-likeness (QED) is 0.428. The molecule has 0 bridgehead atoms. The van der Waals surface area contributed by atoms with Crippen molar-refractivity contribution in [1.82, 2.24) is 14.8 Å². The van der Waals surface area contributed by atoms with Gasteiger partial charge in [-0.05, 0) is 24.0 Å². The first kappa shape index (κ1) is 21.0. The maximum atomic E-state index is 13.0. The molecule has 148 valence electrons. The van der Waals surface area contributed by atoms with Crippen LogP contribution in [0.1, 0.15) is 46.9 Å². The van der Waals surface area contributed by atoms with Crippen molar-refractivity contribution in [2.45, 2.75) is 25.8 Å². The van der Waals surface area contributed by atoms with E-state index in [4.69, 9.17) is 0 Å². The second-order valence-electron chi connectivity index (χ2n) is 6.74. The van der Waals surface area contributed by atoms with Gasteiger partial charge in [-0.3, -0.25) is 9.59 Å². The van der Waals surface area contributed by atoms with Gasteiger partial charge >= 0.3 is 0 Å². The second kappa shape index (κ2) is 9.65. The van der Waals surface area contributed by atoms with Crippen LogP contribution in [0.25, 0.3) is 5.57 Å². The van der Waals surface area contributed by atoms with Crippen LogP contribution in [0, 0.1) is 0 Å². The summed E-state index contributed by atoms with van der Waals surface area (Å²) in [6, 6.07) is 10.1. The Labute approximate surface area is 183 Å². The number of carbonyl (C=O) groups excluding carboxylic acids is 2. The van der Waals surface area contributed by atoms with Crippen molar-refractivity contribution in [2.24, 2.45) is 0 Å². The van der Waals surface area contributed by atoms with Crippen LogP contribution in [0.3, 0.4) is 0 Å². The summed E-state index contributed by atoms with van der Waals surface area (Å²) in [5.74, 6) is 0.107. The number of alkyl halides is 1. The van der Waals surface area contributed by atoms with Gasteiger partial charge in [0.05, 0.1) is 10.5 Å². The fraction of sp³-hybridized carbons (Fsp3) is 0.381. The Hall–Kier alpha value is -1.74. The first-order valence-electron chi connectivity index (χ1n) is 9.36. The summed E-state index contributed by atoms with van der Waals surface area (Å²) in [7, 11) is 1.84. The maximum Gasteiger partial charge on any atom is 0.273 e. The van der Waals surface area contributed by atoms with Gasteiger partial charge in [-0.2, -0.15) is 0 Å². The number of hydrogen-bond donors (Lipinski definition) is 0. The van der Waals surface area contributed by atoms with E-state index in [1.165, 1.54) is 11.3 Å². The van der Waals surface area contributed by atoms with Crippen molar-refractivity contribution in [3.8, 4) is 0 Å². The topological polar surface area (TPSA) is 53.5 Å². The predicted molar refractivity (Wildman–Crippen MR) is 122 cm³/mol. The zero-order valence-electron chi connectivity index (χ0n) is 16.1. The fourth-order valence-corrected chi connectivity index (χ4v) is 4.77. The van der Waals surface area contributed by atoms with Crippen LogP contribution < -0.4 is 0 Å². The van der Waals surface area contributed by atoms with E-state index in [0.717, 1.165) is 29.0 Å². The highest BCUT2D eigenvalue weighted by Crippen LogP contribution is 2.28. The molecule has 28 heavy (non-hydrogen) atoms. The van der Waals surface area contributed by atoms with E-state index in [9.17, 15) is 9.59 Å². The van der Waals surface area contributed by atoms with Gasteiger partial charge in [0.1, 0.15) is 10.7 Å². The summed E-state index contributed by atoms with van der Waals surface area (Å²) >= 11 is 3.60. The highest BCUT2D eigenvalue weighted by molar-refractivity contribution is 14.1. The molecule has 0 saturated carbocycles. The molecule has 2 aromatic rings. The largest absolute Gasteiger partial charge is 0.338 e. The Morgan fingerprint density at radius 3 is 2.68 bits per heavy atom. The standard InChI is InChI=1S/C21H24IN3O2S/c1-3-18(15-7-5-4-6-8-15)24(2)21(27)17-14-28-20(23-17)16-9-11-25(12-10-16)19(26)13-22/h4-9,14,18H,3,10-13H2,1-2H3/t18-/m1/s1. The lowest BCUT2D eigenvalue weighted by Crippen LogP contribution is -2.35. The van der Waals surface area contributed by atoms with Gasteiger partial charge in [0.15, 0.2) is 0 Å². The van der Waals surface area contributed by atoms with Crippen LogP contribution in [0.4, 0.5) is 0 Å². The van der Waals surface area contributed by atoms with Crippen LogP contribution in [-0.4, -0.2) is 51.2 Å². The summed E-state index contributed by atoms with van der Waals surface area (Å²) in [5, 5.41) is 2.72. The molecule has 0 saturated heterocycles. The normalized spacial score (nSPS) is 15.1. The van der Waals surface area contributed by atoms with Gasteiger partial charge < -0.3 is 9.80 Å². The molecule has 1 aliphatic rings. The van der Waals surface area contributed by atoms with Gasteiger partial charge in [0.25, 0.3) is 5.91 Å². The Morgan fingerprint density at radius 2 is 2.07 bits per heavy atom. The third-order valence-corrected chi connectivity index (χ3v) is 6.60. The number of nitrogens with zero attached hydrogens (tertiary/aromatic N) is 3. The van der Waals surface area contributed by atoms with E-state index < -0.39 is 0 Å². The van der Waals surface area contributed by atoms with Gasteiger partial charge in [-0.25, -0.2) is 4.98 Å². The minimum Gasteiger partial charge on any atom is -0.338 e. The minimum atomic E-state index is -0.0590. The third-order valence-electron chi connectivity index (χ3n) is 5.03. The predicted octanol–water partition coefficient (Wildman–Crippen LogP) is 4.42. The van der Waals surface area contributed by atoms with Crippen molar-refractivity contribution in [3.05, 3.63) is 58.1 Å². The first-order chi connectivity index (χ1) is 13.5. The third kappa shape index (κ3) is 4.63. The number of hydrogen-bond acceptors (Lipinski definition) is 4. The molecule has 0 aliphatic carbocycles. The van der Waals surface area contributed by atoms with E-state index in [1.54, 1.807) is 4.90 Å². The number of thiazole rings is 1. The fourth-order valence-electron chi connectivity index (χ4n) is 3.42. The lowest BCUT2D eigenvalue weighted by atomic mass is 10.0. The molecule has 2 heterocycles. The molecule has 1 aromatic carbocycles. The number of halogens is 1. The van der Waals surface area contributed by atoms with E-state index in [0.29, 0.717) is 23.2 Å². The molecule has 0 spiro atoms. The van der Waals surface area contributed by atoms with Gasteiger partial charge in [-0.1, -0.05) is 65.9 Å². The lowest BCUT2D eigenvalue weighted by molar-refractivity contribution is -0.127. The minimum absolute atomic E-state index is 0.0283. The Kier molecular flexibility index (Phi) is 7.23. The molecule has 1 atom stereocenters. The molecule has 1 aliphatic heterocycles. The van der Waals surface area contributed by atoms with Crippen molar-refractivity contribution in [2.75, 3.05) is 24.6 Å². The summed E-state index contributed by atoms with van der Waals surface area (Å²) in [4.78, 5) is 33.1. The average molecular weight is 509 g/mol. The molecule has 7 heteroatoms. The highest BCUT2D eigenvalue weighted by Gasteiger charge is 2.24. The van der Waals surface area contributed by atoms with Crippen molar-refractivity contribution in [3.63, 3.8) is 0 Å². The first-order valence-corrected chi connectivity index (χ1v) is 11.8. The van der Waals surface area contributed by atoms with Crippen molar-refractivity contribution in [1.29, 1.82) is 0 Å². The molecule has 1 aromatic heterocycles. The van der Waals surface area contributed by atoms with E-state index >= 15 is 0 Å². The number of carbonyl (C=O) groups is 2. The Balaban J connectivity index is 1.72. The molecular weight excluding hydrogens is 485 g/mol. The summed E-state index contributed by atoms with van der Waals surface area (Å²) in [6.07, 6.45) is 3.68. The monoisotopic (exact) mass is 509 g/mol. The molecule has 0 fully saturated rings. The zero-order valence-corrected chi connectivity index (χ0v) is 19.1. The van der Waals surface area contributed by atoms with E-state index in [1.807, 2.05) is 35.5 Å². The second-order valence-corrected chi connectivity index (χ2v) is 8.36. The van der Waals surface area contributed by atoms with Crippen molar-refractivity contribution < 1.29 is 9.59 Å². The summed E-state index contributed by atoms with van der Waals surface area (Å²) in [6.45, 7) is 3.41. The summed E-state index contributed by atoms with van der Waals surface area (Å²) in [5.41, 5.74) is 2.74. The summed E-state index contributed by atoms with van der Waals surface area (Å²) < 4.78 is 0.503. The Morgan fingerprint density at radius 1 is 1.32 bits per heavy atom. The highest BCUT2D eigenvalue weighted by atomic mass is 127. The molecule has 5 nitrogen and oxygen atoms in total. The van der Waals surface area contributed by atoms with E-state index in [-0.39, 0.29) is 17.9 Å². The van der Waals surface area contributed by atoms with Gasteiger partial charge in [0.2, 0.25) is 5.91 Å². The lowest BCUT2D eigenvalue weighted by Gasteiger charge is -2.27. The van der Waals surface area contributed by atoms with Gasteiger partial charge in [-0.15, -0.1) is 11.3 Å². The number of benzene rings is 1. The molecular formula is C21H24IN3O2S. The smallest absolute Gasteiger partial charge is 0.273 e. The molecule has 3 rings (SSSR count).